The van der Waals surface area contributed by atoms with Gasteiger partial charge in [-0.3, -0.25) is 0 Å². The maximum atomic E-state index is 3.77. The van der Waals surface area contributed by atoms with Gasteiger partial charge in [-0.2, -0.15) is 0 Å². The first-order valence-corrected chi connectivity index (χ1v) is 7.46. The second-order valence-electron chi connectivity index (χ2n) is 6.26. The standard InChI is InChI=1S/C15H32N2/c1-12(2)17(5)11-7-10-16-15-9-6-8-13(3)14(15)4/h12-16H,6-11H2,1-5H3. The zero-order chi connectivity index (χ0) is 12.8. The van der Waals surface area contributed by atoms with Crippen molar-refractivity contribution < 1.29 is 0 Å². The molecule has 0 aliphatic heterocycles. The van der Waals surface area contributed by atoms with Gasteiger partial charge in [0.15, 0.2) is 0 Å². The molecule has 0 aromatic rings. The van der Waals surface area contributed by atoms with Crippen LogP contribution in [-0.4, -0.2) is 37.1 Å². The van der Waals surface area contributed by atoms with E-state index in [9.17, 15) is 0 Å². The fraction of sp³-hybridized carbons (Fsp3) is 1.00. The van der Waals surface area contributed by atoms with Gasteiger partial charge in [-0.1, -0.05) is 26.7 Å². The molecule has 3 atom stereocenters. The molecular formula is C15H32N2. The van der Waals surface area contributed by atoms with Gasteiger partial charge in [-0.05, 0) is 58.7 Å². The molecule has 0 saturated heterocycles. The summed E-state index contributed by atoms with van der Waals surface area (Å²) >= 11 is 0. The summed E-state index contributed by atoms with van der Waals surface area (Å²) in [6, 6.07) is 1.44. The normalized spacial score (nSPS) is 30.2. The molecule has 0 aromatic heterocycles. The van der Waals surface area contributed by atoms with E-state index in [2.05, 4.69) is 45.0 Å². The van der Waals surface area contributed by atoms with E-state index in [4.69, 9.17) is 0 Å². The third-order valence-corrected chi connectivity index (χ3v) is 4.68. The molecular weight excluding hydrogens is 208 g/mol. The number of nitrogens with zero attached hydrogens (tertiary/aromatic N) is 1. The average molecular weight is 240 g/mol. The highest BCUT2D eigenvalue weighted by atomic mass is 15.1. The molecule has 0 bridgehead atoms. The number of rotatable bonds is 6. The van der Waals surface area contributed by atoms with Crippen LogP contribution in [0.4, 0.5) is 0 Å². The second kappa shape index (κ2) is 7.38. The Hall–Kier alpha value is -0.0800. The SMILES string of the molecule is CC1CCCC(NCCCN(C)C(C)C)C1C. The van der Waals surface area contributed by atoms with E-state index < -0.39 is 0 Å². The Morgan fingerprint density at radius 3 is 2.59 bits per heavy atom. The Balaban J connectivity index is 2.13. The molecule has 1 fully saturated rings. The van der Waals surface area contributed by atoms with Crippen LogP contribution in [0.2, 0.25) is 0 Å². The molecule has 0 heterocycles. The molecule has 3 unspecified atom stereocenters. The van der Waals surface area contributed by atoms with Gasteiger partial charge in [0.05, 0.1) is 0 Å². The van der Waals surface area contributed by atoms with E-state index in [-0.39, 0.29) is 0 Å². The van der Waals surface area contributed by atoms with Crippen molar-refractivity contribution in [2.24, 2.45) is 11.8 Å². The minimum absolute atomic E-state index is 0.670. The number of hydrogen-bond acceptors (Lipinski definition) is 2. The largest absolute Gasteiger partial charge is 0.314 e. The van der Waals surface area contributed by atoms with Crippen molar-refractivity contribution in [3.63, 3.8) is 0 Å². The van der Waals surface area contributed by atoms with Crippen LogP contribution in [0.25, 0.3) is 0 Å². The molecule has 0 spiro atoms. The minimum Gasteiger partial charge on any atom is -0.314 e. The molecule has 2 nitrogen and oxygen atoms in total. The summed E-state index contributed by atoms with van der Waals surface area (Å²) in [5.74, 6) is 1.76. The first-order chi connectivity index (χ1) is 8.02. The fourth-order valence-corrected chi connectivity index (χ4v) is 2.74. The van der Waals surface area contributed by atoms with Crippen LogP contribution in [0.1, 0.15) is 53.4 Å². The lowest BCUT2D eigenvalue weighted by Crippen LogP contribution is -2.41. The molecule has 1 N–H and O–H groups in total. The monoisotopic (exact) mass is 240 g/mol. The van der Waals surface area contributed by atoms with E-state index in [1.54, 1.807) is 0 Å². The van der Waals surface area contributed by atoms with Crippen LogP contribution in [0.3, 0.4) is 0 Å². The van der Waals surface area contributed by atoms with Crippen molar-refractivity contribution in [3.8, 4) is 0 Å². The Bertz CT molecular complexity index is 203. The first kappa shape index (κ1) is 15.0. The van der Waals surface area contributed by atoms with Crippen molar-refractivity contribution in [1.82, 2.24) is 10.2 Å². The van der Waals surface area contributed by atoms with E-state index in [0.717, 1.165) is 17.9 Å². The zero-order valence-electron chi connectivity index (χ0n) is 12.5. The van der Waals surface area contributed by atoms with Crippen molar-refractivity contribution in [2.45, 2.75) is 65.5 Å². The molecule has 1 rings (SSSR count). The van der Waals surface area contributed by atoms with Gasteiger partial charge in [0, 0.05) is 12.1 Å². The Labute approximate surface area is 108 Å². The van der Waals surface area contributed by atoms with Gasteiger partial charge in [0.2, 0.25) is 0 Å². The summed E-state index contributed by atoms with van der Waals surface area (Å²) in [6.45, 7) is 11.7. The predicted molar refractivity (Wildman–Crippen MR) is 76.4 cm³/mol. The smallest absolute Gasteiger partial charge is 0.00952 e. The van der Waals surface area contributed by atoms with Gasteiger partial charge >= 0.3 is 0 Å². The number of hydrogen-bond donors (Lipinski definition) is 1. The summed E-state index contributed by atoms with van der Waals surface area (Å²) in [4.78, 5) is 2.43. The molecule has 17 heavy (non-hydrogen) atoms. The van der Waals surface area contributed by atoms with Crippen LogP contribution in [0, 0.1) is 11.8 Å². The highest BCUT2D eigenvalue weighted by Gasteiger charge is 2.26. The van der Waals surface area contributed by atoms with Crippen molar-refractivity contribution in [3.05, 3.63) is 0 Å². The summed E-state index contributed by atoms with van der Waals surface area (Å²) < 4.78 is 0. The van der Waals surface area contributed by atoms with E-state index >= 15 is 0 Å². The minimum atomic E-state index is 0.670. The quantitative estimate of drug-likeness (QED) is 0.718. The summed E-state index contributed by atoms with van der Waals surface area (Å²) in [6.07, 6.45) is 5.49. The van der Waals surface area contributed by atoms with Gasteiger partial charge in [-0.15, -0.1) is 0 Å². The zero-order valence-corrected chi connectivity index (χ0v) is 12.5. The molecule has 0 amide bonds. The lowest BCUT2D eigenvalue weighted by molar-refractivity contribution is 0.202. The summed E-state index contributed by atoms with van der Waals surface area (Å²) in [7, 11) is 2.22. The van der Waals surface area contributed by atoms with Gasteiger partial charge in [0.25, 0.3) is 0 Å². The number of nitrogens with one attached hydrogen (secondary N) is 1. The Morgan fingerprint density at radius 1 is 1.24 bits per heavy atom. The van der Waals surface area contributed by atoms with Gasteiger partial charge in [0.1, 0.15) is 0 Å². The Morgan fingerprint density at radius 2 is 1.94 bits per heavy atom. The third-order valence-electron chi connectivity index (χ3n) is 4.68. The Kier molecular flexibility index (Phi) is 6.50. The molecule has 0 radical (unpaired) electrons. The van der Waals surface area contributed by atoms with E-state index in [0.29, 0.717) is 6.04 Å². The average Bonchev–Trinajstić information content (AvgIpc) is 2.29. The lowest BCUT2D eigenvalue weighted by atomic mass is 9.78. The van der Waals surface area contributed by atoms with Gasteiger partial charge in [-0.25, -0.2) is 0 Å². The second-order valence-corrected chi connectivity index (χ2v) is 6.26. The third kappa shape index (κ3) is 4.97. The van der Waals surface area contributed by atoms with Gasteiger partial charge < -0.3 is 10.2 Å². The van der Waals surface area contributed by atoms with E-state index in [1.807, 2.05) is 0 Å². The highest BCUT2D eigenvalue weighted by Crippen LogP contribution is 2.29. The van der Waals surface area contributed by atoms with Crippen molar-refractivity contribution in [2.75, 3.05) is 20.1 Å². The maximum Gasteiger partial charge on any atom is 0.00952 e. The molecule has 1 aliphatic carbocycles. The van der Waals surface area contributed by atoms with Crippen LogP contribution >= 0.6 is 0 Å². The maximum absolute atomic E-state index is 3.77. The molecule has 1 saturated carbocycles. The first-order valence-electron chi connectivity index (χ1n) is 7.46. The summed E-state index contributed by atoms with van der Waals surface area (Å²) in [5.41, 5.74) is 0. The predicted octanol–water partition coefficient (Wildman–Crippen LogP) is 3.13. The molecule has 2 heteroatoms. The highest BCUT2D eigenvalue weighted by molar-refractivity contribution is 4.82. The molecule has 102 valence electrons. The fourth-order valence-electron chi connectivity index (χ4n) is 2.74. The molecule has 0 aromatic carbocycles. The van der Waals surface area contributed by atoms with Crippen LogP contribution in [-0.2, 0) is 0 Å². The van der Waals surface area contributed by atoms with Crippen LogP contribution < -0.4 is 5.32 Å². The van der Waals surface area contributed by atoms with E-state index in [1.165, 1.54) is 38.8 Å². The lowest BCUT2D eigenvalue weighted by Gasteiger charge is -2.35. The van der Waals surface area contributed by atoms with Crippen molar-refractivity contribution >= 4 is 0 Å². The topological polar surface area (TPSA) is 15.3 Å². The summed E-state index contributed by atoms with van der Waals surface area (Å²) in [5, 5.41) is 3.77. The van der Waals surface area contributed by atoms with Crippen LogP contribution in [0.15, 0.2) is 0 Å². The van der Waals surface area contributed by atoms with Crippen LogP contribution in [0.5, 0.6) is 0 Å². The van der Waals surface area contributed by atoms with Crippen molar-refractivity contribution in [1.29, 1.82) is 0 Å². The molecule has 1 aliphatic rings.